The maximum absolute atomic E-state index is 6.04. The zero-order valence-corrected chi connectivity index (χ0v) is 10.9. The first kappa shape index (κ1) is 11.1. The number of nitrogens with one attached hydrogen (secondary N) is 1. The lowest BCUT2D eigenvalue weighted by Crippen LogP contribution is -2.48. The van der Waals surface area contributed by atoms with Gasteiger partial charge in [-0.1, -0.05) is 25.1 Å². The molecule has 1 aromatic rings. The molecule has 17 heavy (non-hydrogen) atoms. The van der Waals surface area contributed by atoms with E-state index in [1.807, 2.05) is 6.07 Å². The Kier molecular flexibility index (Phi) is 2.44. The van der Waals surface area contributed by atoms with Gasteiger partial charge in [-0.3, -0.25) is 0 Å². The van der Waals surface area contributed by atoms with E-state index in [4.69, 9.17) is 4.74 Å². The molecule has 0 aromatic heterocycles. The molecule has 0 saturated heterocycles. The maximum Gasteiger partial charge on any atom is 0.125 e. The molecule has 1 N–H and O–H groups in total. The number of benzene rings is 1. The molecule has 1 aliphatic carbocycles. The van der Waals surface area contributed by atoms with Gasteiger partial charge in [0.05, 0.1) is 6.04 Å². The van der Waals surface area contributed by atoms with Crippen molar-refractivity contribution < 1.29 is 4.74 Å². The molecule has 1 aliphatic heterocycles. The number of fused-ring (bicyclic) bond motifs is 1. The van der Waals surface area contributed by atoms with Crippen LogP contribution in [0.3, 0.4) is 0 Å². The molecule has 1 fully saturated rings. The molecular formula is C15H21NO. The number of ether oxygens (including phenoxy) is 1. The monoisotopic (exact) mass is 231 g/mol. The van der Waals surface area contributed by atoms with Gasteiger partial charge in [0.1, 0.15) is 11.4 Å². The van der Waals surface area contributed by atoms with Crippen molar-refractivity contribution in [3.8, 4) is 5.75 Å². The van der Waals surface area contributed by atoms with E-state index in [2.05, 4.69) is 44.3 Å². The fourth-order valence-corrected chi connectivity index (χ4v) is 3.09. The van der Waals surface area contributed by atoms with Gasteiger partial charge in [0.2, 0.25) is 0 Å². The van der Waals surface area contributed by atoms with Gasteiger partial charge in [-0.05, 0) is 38.7 Å². The molecule has 0 radical (unpaired) electrons. The molecule has 2 heteroatoms. The van der Waals surface area contributed by atoms with Crippen molar-refractivity contribution in [2.75, 3.05) is 0 Å². The summed E-state index contributed by atoms with van der Waals surface area (Å²) in [6.07, 6.45) is 2.60. The van der Waals surface area contributed by atoms with Gasteiger partial charge in [-0.15, -0.1) is 0 Å². The van der Waals surface area contributed by atoms with Gasteiger partial charge < -0.3 is 10.1 Å². The highest BCUT2D eigenvalue weighted by Crippen LogP contribution is 2.44. The van der Waals surface area contributed by atoms with Crippen LogP contribution in [0.25, 0.3) is 0 Å². The fraction of sp³-hybridized carbons (Fsp3) is 0.600. The summed E-state index contributed by atoms with van der Waals surface area (Å²) in [5.74, 6) is 1.93. The third-order valence-corrected chi connectivity index (χ3v) is 4.07. The third kappa shape index (κ3) is 1.85. The normalized spacial score (nSPS) is 33.7. The maximum atomic E-state index is 6.04. The summed E-state index contributed by atoms with van der Waals surface area (Å²) in [5.41, 5.74) is 1.18. The van der Waals surface area contributed by atoms with Crippen LogP contribution in [-0.4, -0.2) is 11.6 Å². The van der Waals surface area contributed by atoms with Crippen molar-refractivity contribution in [1.29, 1.82) is 0 Å². The summed E-state index contributed by atoms with van der Waals surface area (Å²) in [6, 6.07) is 9.40. The van der Waals surface area contributed by atoms with Crippen LogP contribution in [-0.2, 0) is 0 Å². The summed E-state index contributed by atoms with van der Waals surface area (Å²) >= 11 is 0. The summed E-state index contributed by atoms with van der Waals surface area (Å²) < 4.78 is 6.04. The van der Waals surface area contributed by atoms with E-state index in [0.717, 1.165) is 11.7 Å². The van der Waals surface area contributed by atoms with Crippen molar-refractivity contribution >= 4 is 0 Å². The molecule has 92 valence electrons. The van der Waals surface area contributed by atoms with E-state index in [0.29, 0.717) is 12.1 Å². The lowest BCUT2D eigenvalue weighted by Gasteiger charge is -2.38. The van der Waals surface area contributed by atoms with Crippen molar-refractivity contribution in [1.82, 2.24) is 5.32 Å². The Bertz CT molecular complexity index is 421. The number of rotatable bonds is 2. The largest absolute Gasteiger partial charge is 0.486 e. The van der Waals surface area contributed by atoms with Crippen molar-refractivity contribution in [2.45, 2.75) is 51.3 Å². The standard InChI is InChI=1S/C15H21NO/c1-10-8-11(9-10)16-14-12-6-4-5-7-13(12)17-15(14,2)3/h4-7,10-11,14,16H,8-9H2,1-3H3. The molecule has 3 rings (SSSR count). The average molecular weight is 231 g/mol. The van der Waals surface area contributed by atoms with Crippen LogP contribution in [0, 0.1) is 5.92 Å². The molecule has 1 atom stereocenters. The van der Waals surface area contributed by atoms with Crippen LogP contribution >= 0.6 is 0 Å². The summed E-state index contributed by atoms with van der Waals surface area (Å²) in [5, 5.41) is 3.77. The number of hydrogen-bond donors (Lipinski definition) is 1. The Morgan fingerprint density at radius 1 is 1.24 bits per heavy atom. The van der Waals surface area contributed by atoms with Crippen LogP contribution in [0.15, 0.2) is 24.3 Å². The van der Waals surface area contributed by atoms with E-state index in [-0.39, 0.29) is 5.60 Å². The molecular weight excluding hydrogens is 210 g/mol. The number of para-hydroxylation sites is 1. The second kappa shape index (κ2) is 3.74. The molecule has 0 spiro atoms. The zero-order chi connectivity index (χ0) is 12.0. The predicted molar refractivity (Wildman–Crippen MR) is 69.2 cm³/mol. The Hall–Kier alpha value is -1.02. The molecule has 1 aromatic carbocycles. The van der Waals surface area contributed by atoms with Crippen LogP contribution in [0.2, 0.25) is 0 Å². The molecule has 1 heterocycles. The van der Waals surface area contributed by atoms with Crippen LogP contribution in [0.5, 0.6) is 5.75 Å². The summed E-state index contributed by atoms with van der Waals surface area (Å²) in [6.45, 7) is 6.67. The van der Waals surface area contributed by atoms with Crippen molar-refractivity contribution in [3.05, 3.63) is 29.8 Å². The smallest absolute Gasteiger partial charge is 0.125 e. The quantitative estimate of drug-likeness (QED) is 0.843. The minimum atomic E-state index is -0.136. The minimum absolute atomic E-state index is 0.136. The highest BCUT2D eigenvalue weighted by molar-refractivity contribution is 5.42. The first-order chi connectivity index (χ1) is 8.06. The molecule has 0 bridgehead atoms. The lowest BCUT2D eigenvalue weighted by molar-refractivity contribution is 0.0776. The Morgan fingerprint density at radius 2 is 1.94 bits per heavy atom. The Balaban J connectivity index is 1.82. The van der Waals surface area contributed by atoms with Crippen LogP contribution < -0.4 is 10.1 Å². The van der Waals surface area contributed by atoms with E-state index in [1.54, 1.807) is 0 Å². The van der Waals surface area contributed by atoms with E-state index < -0.39 is 0 Å². The molecule has 2 nitrogen and oxygen atoms in total. The first-order valence-corrected chi connectivity index (χ1v) is 6.60. The van der Waals surface area contributed by atoms with E-state index in [9.17, 15) is 0 Å². The van der Waals surface area contributed by atoms with E-state index in [1.165, 1.54) is 18.4 Å². The molecule has 2 aliphatic rings. The van der Waals surface area contributed by atoms with Gasteiger partial charge in [0.25, 0.3) is 0 Å². The molecule has 0 amide bonds. The van der Waals surface area contributed by atoms with Crippen LogP contribution in [0.1, 0.15) is 45.2 Å². The SMILES string of the molecule is CC1CC(NC2c3ccccc3OC2(C)C)C1. The van der Waals surface area contributed by atoms with Gasteiger partial charge in [0.15, 0.2) is 0 Å². The van der Waals surface area contributed by atoms with Gasteiger partial charge in [-0.2, -0.15) is 0 Å². The Morgan fingerprint density at radius 3 is 2.65 bits per heavy atom. The van der Waals surface area contributed by atoms with Gasteiger partial charge in [0, 0.05) is 11.6 Å². The zero-order valence-electron chi connectivity index (χ0n) is 10.9. The topological polar surface area (TPSA) is 21.3 Å². The Labute approximate surface area is 103 Å². The van der Waals surface area contributed by atoms with Crippen LogP contribution in [0.4, 0.5) is 0 Å². The molecule has 1 saturated carbocycles. The second-order valence-electron chi connectivity index (χ2n) is 6.12. The molecule has 1 unspecified atom stereocenters. The van der Waals surface area contributed by atoms with E-state index >= 15 is 0 Å². The third-order valence-electron chi connectivity index (χ3n) is 4.07. The second-order valence-corrected chi connectivity index (χ2v) is 6.12. The lowest BCUT2D eigenvalue weighted by atomic mass is 9.80. The van der Waals surface area contributed by atoms with Gasteiger partial charge >= 0.3 is 0 Å². The van der Waals surface area contributed by atoms with Crippen molar-refractivity contribution in [2.24, 2.45) is 5.92 Å². The average Bonchev–Trinajstić information content (AvgIpc) is 2.48. The minimum Gasteiger partial charge on any atom is -0.486 e. The van der Waals surface area contributed by atoms with Crippen molar-refractivity contribution in [3.63, 3.8) is 0 Å². The highest BCUT2D eigenvalue weighted by Gasteiger charge is 2.43. The highest BCUT2D eigenvalue weighted by atomic mass is 16.5. The van der Waals surface area contributed by atoms with Gasteiger partial charge in [-0.25, -0.2) is 0 Å². The summed E-state index contributed by atoms with van der Waals surface area (Å²) in [7, 11) is 0. The first-order valence-electron chi connectivity index (χ1n) is 6.60. The number of hydrogen-bond acceptors (Lipinski definition) is 2. The summed E-state index contributed by atoms with van der Waals surface area (Å²) in [4.78, 5) is 0. The fourth-order valence-electron chi connectivity index (χ4n) is 3.09. The predicted octanol–water partition coefficient (Wildman–Crippen LogP) is 3.29.